The minimum atomic E-state index is -0.137. The molecule has 2 N–H and O–H groups in total. The number of rotatable bonds is 3. The van der Waals surface area contributed by atoms with Crippen LogP contribution in [0.25, 0.3) is 11.0 Å². The molecule has 0 aliphatic carbocycles. The third-order valence-electron chi connectivity index (χ3n) is 4.18. The number of benzene rings is 2. The number of carbonyl (C=O) groups excluding carboxylic acids is 1. The fourth-order valence-electron chi connectivity index (χ4n) is 2.99. The van der Waals surface area contributed by atoms with E-state index >= 15 is 0 Å². The molecule has 23 heavy (non-hydrogen) atoms. The van der Waals surface area contributed by atoms with Gasteiger partial charge in [0, 0.05) is 18.7 Å². The Morgan fingerprint density at radius 2 is 1.83 bits per heavy atom. The van der Waals surface area contributed by atoms with Crippen molar-refractivity contribution in [2.45, 2.75) is 12.8 Å². The van der Waals surface area contributed by atoms with Gasteiger partial charge in [0.15, 0.2) is 0 Å². The second-order valence-corrected chi connectivity index (χ2v) is 5.69. The van der Waals surface area contributed by atoms with Crippen molar-refractivity contribution < 1.29 is 4.79 Å². The molecule has 0 unspecified atom stereocenters. The zero-order valence-corrected chi connectivity index (χ0v) is 12.6. The summed E-state index contributed by atoms with van der Waals surface area (Å²) in [6.45, 7) is 2.08. The van der Waals surface area contributed by atoms with Crippen molar-refractivity contribution in [1.29, 1.82) is 0 Å². The number of hydrogen-bond donors (Lipinski definition) is 2. The van der Waals surface area contributed by atoms with Gasteiger partial charge in [-0.15, -0.1) is 0 Å². The molecular formula is C17H17N5O. The van der Waals surface area contributed by atoms with E-state index in [2.05, 4.69) is 31.7 Å². The molecule has 1 fully saturated rings. The number of aromatic amines is 1. The predicted octanol–water partition coefficient (Wildman–Crippen LogP) is 2.81. The Labute approximate surface area is 133 Å². The molecule has 1 aromatic heterocycles. The molecule has 0 bridgehead atoms. The average Bonchev–Trinajstić information content (AvgIpc) is 3.26. The Morgan fingerprint density at radius 1 is 1.04 bits per heavy atom. The van der Waals surface area contributed by atoms with Crippen molar-refractivity contribution in [1.82, 2.24) is 15.4 Å². The maximum atomic E-state index is 12.6. The second-order valence-electron chi connectivity index (χ2n) is 5.69. The smallest absolute Gasteiger partial charge is 0.255 e. The Bertz CT molecular complexity index is 851. The number of anilines is 2. The first kappa shape index (κ1) is 13.8. The van der Waals surface area contributed by atoms with Crippen LogP contribution in [0.4, 0.5) is 11.4 Å². The van der Waals surface area contributed by atoms with Crippen LogP contribution < -0.4 is 10.2 Å². The van der Waals surface area contributed by atoms with Gasteiger partial charge in [-0.25, -0.2) is 0 Å². The summed E-state index contributed by atoms with van der Waals surface area (Å²) in [6.07, 6.45) is 2.40. The highest BCUT2D eigenvalue weighted by molar-refractivity contribution is 6.07. The monoisotopic (exact) mass is 307 g/mol. The van der Waals surface area contributed by atoms with Crippen LogP contribution in [0.3, 0.4) is 0 Å². The largest absolute Gasteiger partial charge is 0.370 e. The van der Waals surface area contributed by atoms with E-state index < -0.39 is 0 Å². The number of amides is 1. The molecule has 6 heteroatoms. The lowest BCUT2D eigenvalue weighted by Gasteiger charge is -2.21. The number of H-pyrrole nitrogens is 1. The maximum absolute atomic E-state index is 12.6. The molecule has 2 aromatic carbocycles. The molecule has 116 valence electrons. The molecule has 2 heterocycles. The molecule has 4 rings (SSSR count). The van der Waals surface area contributed by atoms with E-state index in [9.17, 15) is 4.79 Å². The van der Waals surface area contributed by atoms with Gasteiger partial charge in [0.25, 0.3) is 5.91 Å². The molecule has 3 aromatic rings. The molecule has 1 aliphatic heterocycles. The van der Waals surface area contributed by atoms with E-state index in [4.69, 9.17) is 0 Å². The molecule has 0 spiro atoms. The van der Waals surface area contributed by atoms with Crippen LogP contribution in [-0.2, 0) is 0 Å². The first-order valence-electron chi connectivity index (χ1n) is 7.77. The highest BCUT2D eigenvalue weighted by atomic mass is 16.1. The summed E-state index contributed by atoms with van der Waals surface area (Å²) in [6, 6.07) is 13.2. The quantitative estimate of drug-likeness (QED) is 0.780. The first-order valence-corrected chi connectivity index (χ1v) is 7.77. The van der Waals surface area contributed by atoms with E-state index in [1.165, 1.54) is 12.8 Å². The molecule has 1 saturated heterocycles. The van der Waals surface area contributed by atoms with Crippen molar-refractivity contribution in [3.8, 4) is 0 Å². The van der Waals surface area contributed by atoms with E-state index in [0.29, 0.717) is 11.1 Å². The summed E-state index contributed by atoms with van der Waals surface area (Å²) in [5, 5.41) is 13.6. The van der Waals surface area contributed by atoms with Gasteiger partial charge in [-0.3, -0.25) is 4.79 Å². The van der Waals surface area contributed by atoms with E-state index in [1.54, 1.807) is 18.2 Å². The fourth-order valence-corrected chi connectivity index (χ4v) is 2.99. The van der Waals surface area contributed by atoms with Crippen LogP contribution in [-0.4, -0.2) is 34.4 Å². The van der Waals surface area contributed by atoms with Gasteiger partial charge in [0.2, 0.25) is 0 Å². The average molecular weight is 307 g/mol. The maximum Gasteiger partial charge on any atom is 0.255 e. The summed E-state index contributed by atoms with van der Waals surface area (Å²) >= 11 is 0. The molecule has 1 aliphatic rings. The SMILES string of the molecule is O=C(Nc1ccccc1N1CCCC1)c1ccc2n[nH]nc2c1. The Morgan fingerprint density at radius 3 is 2.70 bits per heavy atom. The van der Waals surface area contributed by atoms with E-state index in [0.717, 1.165) is 30.0 Å². The van der Waals surface area contributed by atoms with Crippen LogP contribution in [0, 0.1) is 0 Å². The van der Waals surface area contributed by atoms with E-state index in [-0.39, 0.29) is 5.91 Å². The van der Waals surface area contributed by atoms with Gasteiger partial charge in [-0.2, -0.15) is 15.4 Å². The molecule has 0 radical (unpaired) electrons. The summed E-state index contributed by atoms with van der Waals surface area (Å²) < 4.78 is 0. The van der Waals surface area contributed by atoms with Crippen molar-refractivity contribution in [3.63, 3.8) is 0 Å². The Hall–Kier alpha value is -2.89. The van der Waals surface area contributed by atoms with Gasteiger partial charge in [-0.1, -0.05) is 12.1 Å². The number of nitrogens with zero attached hydrogens (tertiary/aromatic N) is 3. The number of nitrogens with one attached hydrogen (secondary N) is 2. The number of hydrogen-bond acceptors (Lipinski definition) is 4. The molecule has 6 nitrogen and oxygen atoms in total. The van der Waals surface area contributed by atoms with Crippen molar-refractivity contribution in [3.05, 3.63) is 48.0 Å². The zero-order chi connectivity index (χ0) is 15.6. The third-order valence-corrected chi connectivity index (χ3v) is 4.18. The lowest BCUT2D eigenvalue weighted by molar-refractivity contribution is 0.102. The molecule has 1 amide bonds. The van der Waals surface area contributed by atoms with Gasteiger partial charge in [0.1, 0.15) is 11.0 Å². The van der Waals surface area contributed by atoms with Crippen LogP contribution in [0.5, 0.6) is 0 Å². The van der Waals surface area contributed by atoms with Crippen molar-refractivity contribution in [2.24, 2.45) is 0 Å². The highest BCUT2D eigenvalue weighted by Crippen LogP contribution is 2.29. The highest BCUT2D eigenvalue weighted by Gasteiger charge is 2.17. The first-order chi connectivity index (χ1) is 11.3. The second kappa shape index (κ2) is 5.72. The number of fused-ring (bicyclic) bond motifs is 1. The normalized spacial score (nSPS) is 14.3. The molecule has 0 saturated carbocycles. The van der Waals surface area contributed by atoms with Gasteiger partial charge in [-0.05, 0) is 43.2 Å². The minimum Gasteiger partial charge on any atom is -0.370 e. The van der Waals surface area contributed by atoms with Crippen LogP contribution in [0.2, 0.25) is 0 Å². The lowest BCUT2D eigenvalue weighted by atomic mass is 10.1. The summed E-state index contributed by atoms with van der Waals surface area (Å²) in [4.78, 5) is 14.9. The zero-order valence-electron chi connectivity index (χ0n) is 12.6. The van der Waals surface area contributed by atoms with Gasteiger partial charge < -0.3 is 10.2 Å². The Balaban J connectivity index is 1.61. The minimum absolute atomic E-state index is 0.137. The lowest BCUT2D eigenvalue weighted by Crippen LogP contribution is -2.21. The molecule has 0 atom stereocenters. The van der Waals surface area contributed by atoms with Crippen LogP contribution in [0.1, 0.15) is 23.2 Å². The summed E-state index contributed by atoms with van der Waals surface area (Å²) in [7, 11) is 0. The van der Waals surface area contributed by atoms with E-state index in [1.807, 2.05) is 18.2 Å². The number of carbonyl (C=O) groups is 1. The van der Waals surface area contributed by atoms with Gasteiger partial charge >= 0.3 is 0 Å². The van der Waals surface area contributed by atoms with Crippen molar-refractivity contribution in [2.75, 3.05) is 23.3 Å². The molecular weight excluding hydrogens is 290 g/mol. The topological polar surface area (TPSA) is 73.9 Å². The summed E-state index contributed by atoms with van der Waals surface area (Å²) in [5.41, 5.74) is 3.94. The standard InChI is InChI=1S/C17H17N5O/c23-17(12-7-8-13-15(11-12)20-21-19-13)18-14-5-1-2-6-16(14)22-9-3-4-10-22/h1-2,5-8,11H,3-4,9-10H2,(H,18,23)(H,19,20,21). The van der Waals surface area contributed by atoms with Crippen molar-refractivity contribution >= 4 is 28.3 Å². The van der Waals surface area contributed by atoms with Gasteiger partial charge in [0.05, 0.1) is 11.4 Å². The predicted molar refractivity (Wildman–Crippen MR) is 89.7 cm³/mol. The van der Waals surface area contributed by atoms with Crippen LogP contribution >= 0.6 is 0 Å². The Kier molecular flexibility index (Phi) is 3.42. The number of para-hydroxylation sites is 2. The summed E-state index contributed by atoms with van der Waals surface area (Å²) in [5.74, 6) is -0.137. The third kappa shape index (κ3) is 2.63. The van der Waals surface area contributed by atoms with Crippen LogP contribution in [0.15, 0.2) is 42.5 Å². The fraction of sp³-hybridized carbons (Fsp3) is 0.235. The number of aromatic nitrogens is 3.